The molecule has 0 radical (unpaired) electrons. The van der Waals surface area contributed by atoms with Crippen molar-refractivity contribution in [3.8, 4) is 0 Å². The summed E-state index contributed by atoms with van der Waals surface area (Å²) >= 11 is 0. The zero-order valence-corrected chi connectivity index (χ0v) is 17.3. The van der Waals surface area contributed by atoms with Crippen LogP contribution in [0.1, 0.15) is 36.0 Å². The van der Waals surface area contributed by atoms with Gasteiger partial charge in [0.15, 0.2) is 11.6 Å². The molecule has 9 nitrogen and oxygen atoms in total. The first-order chi connectivity index (χ1) is 15.0. The maximum atomic E-state index is 14.6. The molecule has 0 aromatic carbocycles. The number of carbonyl (C=O) groups excluding carboxylic acids is 1. The Morgan fingerprint density at radius 1 is 1.19 bits per heavy atom. The van der Waals surface area contributed by atoms with Crippen molar-refractivity contribution in [3.05, 3.63) is 35.8 Å². The highest BCUT2D eigenvalue weighted by atomic mass is 19.1. The Labute approximate surface area is 180 Å². The number of rotatable bonds is 6. The first kappa shape index (κ1) is 21.3. The molecule has 6 N–H and O–H groups in total. The van der Waals surface area contributed by atoms with Gasteiger partial charge in [-0.1, -0.05) is 12.8 Å². The summed E-state index contributed by atoms with van der Waals surface area (Å²) in [6.45, 7) is 2.90. The molecule has 2 fully saturated rings. The second-order valence-electron chi connectivity index (χ2n) is 7.91. The largest absolute Gasteiger partial charge is 0.378 e. The van der Waals surface area contributed by atoms with E-state index >= 15 is 0 Å². The monoisotopic (exact) mass is 429 g/mol. The Balaban J connectivity index is 1.55. The summed E-state index contributed by atoms with van der Waals surface area (Å²) < 4.78 is 20.0. The number of morpholine rings is 1. The molecule has 1 saturated carbocycles. The van der Waals surface area contributed by atoms with E-state index in [1.54, 1.807) is 6.20 Å². The van der Waals surface area contributed by atoms with E-state index in [-0.39, 0.29) is 29.3 Å². The number of carbonyl (C=O) groups is 1. The molecule has 2 atom stereocenters. The molecule has 2 unspecified atom stereocenters. The van der Waals surface area contributed by atoms with Crippen LogP contribution >= 0.6 is 0 Å². The Bertz CT molecular complexity index is 919. The Hall–Kier alpha value is -2.98. The average Bonchev–Trinajstić information content (AvgIpc) is 2.78. The number of nitrogens with zero attached hydrogens (tertiary/aromatic N) is 3. The lowest BCUT2D eigenvalue weighted by atomic mass is 9.91. The summed E-state index contributed by atoms with van der Waals surface area (Å²) in [5, 5.41) is 6.15. The zero-order chi connectivity index (χ0) is 21.8. The van der Waals surface area contributed by atoms with Crippen LogP contribution < -0.4 is 27.0 Å². The lowest BCUT2D eigenvalue weighted by Crippen LogP contribution is -2.43. The van der Waals surface area contributed by atoms with Crippen LogP contribution in [-0.2, 0) is 4.74 Å². The lowest BCUT2D eigenvalue weighted by molar-refractivity contribution is 0.100. The van der Waals surface area contributed by atoms with E-state index in [9.17, 15) is 9.18 Å². The van der Waals surface area contributed by atoms with Crippen LogP contribution in [0.3, 0.4) is 0 Å². The van der Waals surface area contributed by atoms with Crippen molar-refractivity contribution >= 4 is 29.0 Å². The minimum atomic E-state index is -0.771. The van der Waals surface area contributed by atoms with E-state index in [2.05, 4.69) is 25.5 Å². The summed E-state index contributed by atoms with van der Waals surface area (Å²) in [5.74, 6) is -0.357. The van der Waals surface area contributed by atoms with Crippen LogP contribution in [0.5, 0.6) is 0 Å². The van der Waals surface area contributed by atoms with Gasteiger partial charge in [0.05, 0.1) is 30.7 Å². The van der Waals surface area contributed by atoms with Crippen LogP contribution in [0.2, 0.25) is 0 Å². The molecule has 1 aliphatic carbocycles. The summed E-state index contributed by atoms with van der Waals surface area (Å²) in [6, 6.07) is 4.67. The molecule has 0 bridgehead atoms. The molecule has 2 aromatic heterocycles. The third-order valence-corrected chi connectivity index (χ3v) is 5.73. The Morgan fingerprint density at radius 3 is 2.65 bits per heavy atom. The molecule has 10 heteroatoms. The number of nitrogens with one attached hydrogen (secondary N) is 2. The zero-order valence-electron chi connectivity index (χ0n) is 17.3. The summed E-state index contributed by atoms with van der Waals surface area (Å²) in [5.41, 5.74) is 12.2. The predicted molar refractivity (Wildman–Crippen MR) is 117 cm³/mol. The molecule has 0 spiro atoms. The summed E-state index contributed by atoms with van der Waals surface area (Å²) in [6.07, 6.45) is 5.46. The minimum Gasteiger partial charge on any atom is -0.378 e. The second kappa shape index (κ2) is 9.44. The molecule has 2 aliphatic rings. The molecule has 1 saturated heterocycles. The number of aromatic nitrogens is 2. The van der Waals surface area contributed by atoms with Gasteiger partial charge in [-0.05, 0) is 31.0 Å². The average molecular weight is 430 g/mol. The van der Waals surface area contributed by atoms with E-state index in [1.165, 1.54) is 0 Å². The van der Waals surface area contributed by atoms with Crippen LogP contribution in [0.25, 0.3) is 0 Å². The molecule has 3 heterocycles. The molecular formula is C21H28FN7O2. The van der Waals surface area contributed by atoms with Crippen molar-refractivity contribution in [1.82, 2.24) is 9.97 Å². The quantitative estimate of drug-likeness (QED) is 0.548. The van der Waals surface area contributed by atoms with E-state index in [0.29, 0.717) is 18.9 Å². The third-order valence-electron chi connectivity index (χ3n) is 5.73. The van der Waals surface area contributed by atoms with Crippen molar-refractivity contribution in [2.45, 2.75) is 37.8 Å². The number of hydrogen-bond acceptors (Lipinski definition) is 8. The smallest absolute Gasteiger partial charge is 0.252 e. The number of nitrogens with two attached hydrogens (primary N) is 2. The molecule has 4 rings (SSSR count). The second-order valence-corrected chi connectivity index (χ2v) is 7.91. The van der Waals surface area contributed by atoms with Gasteiger partial charge in [-0.25, -0.2) is 14.4 Å². The van der Waals surface area contributed by atoms with Gasteiger partial charge in [0.1, 0.15) is 11.6 Å². The van der Waals surface area contributed by atoms with Gasteiger partial charge < -0.3 is 31.7 Å². The highest BCUT2D eigenvalue weighted by Gasteiger charge is 2.24. The van der Waals surface area contributed by atoms with Crippen molar-refractivity contribution in [3.63, 3.8) is 0 Å². The maximum Gasteiger partial charge on any atom is 0.252 e. The molecule has 31 heavy (non-hydrogen) atoms. The number of pyridine rings is 2. The highest BCUT2D eigenvalue weighted by molar-refractivity contribution is 5.98. The minimum absolute atomic E-state index is 0.0340. The van der Waals surface area contributed by atoms with Gasteiger partial charge in [-0.3, -0.25) is 4.79 Å². The summed E-state index contributed by atoms with van der Waals surface area (Å²) in [7, 11) is 0. The molecule has 1 aliphatic heterocycles. The van der Waals surface area contributed by atoms with Crippen LogP contribution in [-0.4, -0.2) is 54.3 Å². The van der Waals surface area contributed by atoms with Crippen molar-refractivity contribution in [2.75, 3.05) is 41.8 Å². The number of ether oxygens (including phenoxy) is 1. The third kappa shape index (κ3) is 5.02. The molecule has 1 amide bonds. The number of halogens is 1. The fourth-order valence-electron chi connectivity index (χ4n) is 3.96. The topological polar surface area (TPSA) is 131 Å². The van der Waals surface area contributed by atoms with Crippen LogP contribution in [0, 0.1) is 5.82 Å². The first-order valence-corrected chi connectivity index (χ1v) is 10.6. The van der Waals surface area contributed by atoms with Crippen LogP contribution in [0.4, 0.5) is 27.5 Å². The molecule has 2 aromatic rings. The highest BCUT2D eigenvalue weighted by Crippen LogP contribution is 2.27. The fraction of sp³-hybridized carbons (Fsp3) is 0.476. The number of primary amides is 1. The predicted octanol–water partition coefficient (Wildman–Crippen LogP) is 1.98. The number of anilines is 4. The van der Waals surface area contributed by atoms with Gasteiger partial charge >= 0.3 is 0 Å². The van der Waals surface area contributed by atoms with E-state index in [0.717, 1.165) is 50.7 Å². The molecular weight excluding hydrogens is 401 g/mol. The normalized spacial score (nSPS) is 21.5. The lowest BCUT2D eigenvalue weighted by Gasteiger charge is -2.30. The number of amides is 1. The van der Waals surface area contributed by atoms with Crippen molar-refractivity contribution in [1.29, 1.82) is 0 Å². The first-order valence-electron chi connectivity index (χ1n) is 10.6. The molecule has 166 valence electrons. The fourth-order valence-corrected chi connectivity index (χ4v) is 3.96. The van der Waals surface area contributed by atoms with Gasteiger partial charge in [0.2, 0.25) is 0 Å². The Morgan fingerprint density at radius 2 is 1.97 bits per heavy atom. The number of hydrogen-bond donors (Lipinski definition) is 4. The van der Waals surface area contributed by atoms with Gasteiger partial charge in [0.25, 0.3) is 5.91 Å². The van der Waals surface area contributed by atoms with Gasteiger partial charge in [-0.2, -0.15) is 0 Å². The van der Waals surface area contributed by atoms with Gasteiger partial charge in [-0.15, -0.1) is 0 Å². The summed E-state index contributed by atoms with van der Waals surface area (Å²) in [4.78, 5) is 22.8. The van der Waals surface area contributed by atoms with Crippen LogP contribution in [0.15, 0.2) is 24.4 Å². The Kier molecular flexibility index (Phi) is 6.47. The van der Waals surface area contributed by atoms with E-state index in [4.69, 9.17) is 16.2 Å². The van der Waals surface area contributed by atoms with Crippen molar-refractivity contribution < 1.29 is 13.9 Å². The van der Waals surface area contributed by atoms with Gasteiger partial charge in [0, 0.05) is 25.2 Å². The maximum absolute atomic E-state index is 14.6. The van der Waals surface area contributed by atoms with E-state index < -0.39 is 11.7 Å². The van der Waals surface area contributed by atoms with E-state index in [1.807, 2.05) is 12.1 Å². The standard InChI is InChI=1S/C21H28FN7O2/c22-15-11-14(19(24)30)20(28-21(15)27-17-4-2-1-3-16(17)23)26-13-5-6-18(25-12-13)29-7-9-31-10-8-29/h5-6,11-12,16-17H,1-4,7-10,23H2,(H2,24,30)(H2,26,27,28). The SMILES string of the molecule is NC(=O)c1cc(F)c(NC2CCCCC2N)nc1Nc1ccc(N2CCOCC2)nc1. The van der Waals surface area contributed by atoms with Crippen molar-refractivity contribution in [2.24, 2.45) is 11.5 Å².